The summed E-state index contributed by atoms with van der Waals surface area (Å²) in [5, 5.41) is 6.94. The van der Waals surface area contributed by atoms with E-state index in [0.29, 0.717) is 0 Å². The summed E-state index contributed by atoms with van der Waals surface area (Å²) in [5.41, 5.74) is 2.10. The molecule has 1 aromatic heterocycles. The van der Waals surface area contributed by atoms with Crippen LogP contribution < -0.4 is 15.3 Å². The molecule has 0 amide bonds. The van der Waals surface area contributed by atoms with Crippen LogP contribution in [-0.4, -0.2) is 59.5 Å². The maximum atomic E-state index is 12.4. The van der Waals surface area contributed by atoms with Gasteiger partial charge < -0.3 is 9.64 Å². The zero-order valence-electron chi connectivity index (χ0n) is 17.6. The zero-order chi connectivity index (χ0) is 20.9. The molecule has 4 rings (SSSR count). The molecule has 1 fully saturated rings. The Kier molecular flexibility index (Phi) is 6.18. The van der Waals surface area contributed by atoms with Gasteiger partial charge in [-0.05, 0) is 24.6 Å². The van der Waals surface area contributed by atoms with Gasteiger partial charge in [-0.15, -0.1) is 0 Å². The second-order valence-corrected chi connectivity index (χ2v) is 7.65. The highest BCUT2D eigenvalue weighted by atomic mass is 16.5. The average Bonchev–Trinajstić information content (AvgIpc) is 3.18. The minimum atomic E-state index is -0.151. The van der Waals surface area contributed by atoms with Crippen molar-refractivity contribution < 1.29 is 4.74 Å². The molecule has 158 valence electrons. The van der Waals surface area contributed by atoms with Gasteiger partial charge in [0.25, 0.3) is 0 Å². The number of hydrogen-bond acceptors (Lipinski definition) is 5. The number of ether oxygens (including phenoxy) is 1. The maximum absolute atomic E-state index is 12.4. The second kappa shape index (κ2) is 9.17. The Balaban J connectivity index is 1.37. The molecule has 2 heterocycles. The molecule has 0 bridgehead atoms. The molecule has 0 spiro atoms. The van der Waals surface area contributed by atoms with Crippen molar-refractivity contribution in [2.75, 3.05) is 44.7 Å². The first-order valence-corrected chi connectivity index (χ1v) is 10.5. The molecule has 7 heteroatoms. The van der Waals surface area contributed by atoms with E-state index in [1.54, 1.807) is 11.7 Å². The largest absolute Gasteiger partial charge is 0.495 e. The van der Waals surface area contributed by atoms with Gasteiger partial charge in [-0.2, -0.15) is 5.10 Å². The fourth-order valence-electron chi connectivity index (χ4n) is 4.16. The summed E-state index contributed by atoms with van der Waals surface area (Å²) in [6.07, 6.45) is 0.741. The van der Waals surface area contributed by atoms with Crippen LogP contribution in [0.3, 0.4) is 0 Å². The van der Waals surface area contributed by atoms with Crippen molar-refractivity contribution in [1.29, 1.82) is 0 Å². The highest BCUT2D eigenvalue weighted by molar-refractivity contribution is 5.58. The number of nitrogens with one attached hydrogen (secondary N) is 1. The Bertz CT molecular complexity index is 1010. The van der Waals surface area contributed by atoms with Crippen LogP contribution in [0.25, 0.3) is 0 Å². The Morgan fingerprint density at radius 1 is 1.03 bits per heavy atom. The molecule has 0 aliphatic carbocycles. The Labute approximate surface area is 176 Å². The van der Waals surface area contributed by atoms with Crippen LogP contribution in [0, 0.1) is 0 Å². The van der Waals surface area contributed by atoms with Gasteiger partial charge in [0, 0.05) is 39.1 Å². The zero-order valence-corrected chi connectivity index (χ0v) is 17.6. The summed E-state index contributed by atoms with van der Waals surface area (Å²) in [7, 11) is 1.72. The Morgan fingerprint density at radius 3 is 2.47 bits per heavy atom. The topological polar surface area (TPSA) is 66.4 Å². The summed E-state index contributed by atoms with van der Waals surface area (Å²) in [6.45, 7) is 6.78. The Morgan fingerprint density at radius 2 is 1.73 bits per heavy atom. The van der Waals surface area contributed by atoms with Gasteiger partial charge in [0.15, 0.2) is 0 Å². The molecule has 0 radical (unpaired) electrons. The van der Waals surface area contributed by atoms with Gasteiger partial charge >= 0.3 is 5.69 Å². The number of methoxy groups -OCH3 is 1. The number of aromatic nitrogens is 3. The number of benzene rings is 2. The second-order valence-electron chi connectivity index (χ2n) is 7.65. The van der Waals surface area contributed by atoms with E-state index < -0.39 is 0 Å². The van der Waals surface area contributed by atoms with Gasteiger partial charge in [-0.3, -0.25) is 9.47 Å². The molecule has 2 aromatic carbocycles. The lowest BCUT2D eigenvalue weighted by molar-refractivity contribution is 0.257. The lowest BCUT2D eigenvalue weighted by Gasteiger charge is -2.36. The standard InChI is InChI=1S/C23H29N5O2/c1-18(19-8-4-3-5-9-19)28-22(24-25-23(28)29)12-13-26-14-16-27(17-15-26)20-10-6-7-11-21(20)30-2/h3-11,18H,12-17H2,1-2H3,(H,25,29). The number of aromatic amines is 1. The van der Waals surface area contributed by atoms with E-state index >= 15 is 0 Å². The number of rotatable bonds is 7. The summed E-state index contributed by atoms with van der Waals surface area (Å²) >= 11 is 0. The monoisotopic (exact) mass is 407 g/mol. The molecule has 1 aliphatic rings. The smallest absolute Gasteiger partial charge is 0.343 e. The molecule has 1 aliphatic heterocycles. The van der Waals surface area contributed by atoms with Gasteiger partial charge in [0.05, 0.1) is 18.8 Å². The van der Waals surface area contributed by atoms with Gasteiger partial charge in [-0.1, -0.05) is 42.5 Å². The van der Waals surface area contributed by atoms with Crippen molar-refractivity contribution in [3.8, 4) is 5.75 Å². The summed E-state index contributed by atoms with van der Waals surface area (Å²) < 4.78 is 7.28. The predicted octanol–water partition coefficient (Wildman–Crippen LogP) is 2.55. The van der Waals surface area contributed by atoms with Crippen LogP contribution >= 0.6 is 0 Å². The van der Waals surface area contributed by atoms with Crippen molar-refractivity contribution >= 4 is 5.69 Å². The minimum absolute atomic E-state index is 0.0464. The molecule has 1 N–H and O–H groups in total. The van der Waals surface area contributed by atoms with E-state index in [4.69, 9.17) is 4.74 Å². The molecule has 1 unspecified atom stereocenters. The molecule has 0 saturated carbocycles. The molecular weight excluding hydrogens is 378 g/mol. The summed E-state index contributed by atoms with van der Waals surface area (Å²) in [6, 6.07) is 18.2. The minimum Gasteiger partial charge on any atom is -0.495 e. The molecular formula is C23H29N5O2. The van der Waals surface area contributed by atoms with E-state index in [2.05, 4.69) is 32.1 Å². The highest BCUT2D eigenvalue weighted by Gasteiger charge is 2.21. The summed E-state index contributed by atoms with van der Waals surface area (Å²) in [4.78, 5) is 17.2. The van der Waals surface area contributed by atoms with Gasteiger partial charge in [-0.25, -0.2) is 9.89 Å². The van der Waals surface area contributed by atoms with Gasteiger partial charge in [0.2, 0.25) is 0 Å². The van der Waals surface area contributed by atoms with E-state index in [-0.39, 0.29) is 11.7 Å². The molecule has 3 aromatic rings. The van der Waals surface area contributed by atoms with Crippen LogP contribution in [0.5, 0.6) is 5.75 Å². The third-order valence-corrected chi connectivity index (χ3v) is 5.90. The number of nitrogens with zero attached hydrogens (tertiary/aromatic N) is 4. The van der Waals surface area contributed by atoms with Crippen LogP contribution in [-0.2, 0) is 6.42 Å². The van der Waals surface area contributed by atoms with Crippen molar-refractivity contribution in [3.05, 3.63) is 76.5 Å². The first-order chi connectivity index (χ1) is 14.7. The quantitative estimate of drug-likeness (QED) is 0.652. The van der Waals surface area contributed by atoms with Crippen molar-refractivity contribution in [1.82, 2.24) is 19.7 Å². The molecule has 7 nitrogen and oxygen atoms in total. The lowest BCUT2D eigenvalue weighted by Crippen LogP contribution is -2.47. The van der Waals surface area contributed by atoms with Crippen LogP contribution in [0.4, 0.5) is 5.69 Å². The maximum Gasteiger partial charge on any atom is 0.343 e. The SMILES string of the molecule is COc1ccccc1N1CCN(CCc2n[nH]c(=O)n2C(C)c2ccccc2)CC1. The van der Waals surface area contributed by atoms with E-state index in [9.17, 15) is 4.79 Å². The predicted molar refractivity (Wildman–Crippen MR) is 118 cm³/mol. The number of H-pyrrole nitrogens is 1. The van der Waals surface area contributed by atoms with E-state index in [1.165, 1.54) is 0 Å². The lowest BCUT2D eigenvalue weighted by atomic mass is 10.1. The third-order valence-electron chi connectivity index (χ3n) is 5.90. The third kappa shape index (κ3) is 4.26. The first-order valence-electron chi connectivity index (χ1n) is 10.5. The van der Waals surface area contributed by atoms with Crippen LogP contribution in [0.15, 0.2) is 59.4 Å². The number of anilines is 1. The molecule has 1 atom stereocenters. The number of para-hydroxylation sites is 2. The van der Waals surface area contributed by atoms with Crippen molar-refractivity contribution in [3.63, 3.8) is 0 Å². The fraction of sp³-hybridized carbons (Fsp3) is 0.391. The molecule has 1 saturated heterocycles. The Hall–Kier alpha value is -3.06. The van der Waals surface area contributed by atoms with Crippen molar-refractivity contribution in [2.24, 2.45) is 0 Å². The summed E-state index contributed by atoms with van der Waals surface area (Å²) in [5.74, 6) is 1.73. The average molecular weight is 408 g/mol. The number of hydrogen-bond donors (Lipinski definition) is 1. The van der Waals surface area contributed by atoms with Crippen LogP contribution in [0.2, 0.25) is 0 Å². The van der Waals surface area contributed by atoms with Crippen molar-refractivity contribution in [2.45, 2.75) is 19.4 Å². The van der Waals surface area contributed by atoms with Crippen LogP contribution in [0.1, 0.15) is 24.4 Å². The van der Waals surface area contributed by atoms with Gasteiger partial charge in [0.1, 0.15) is 11.6 Å². The highest BCUT2D eigenvalue weighted by Crippen LogP contribution is 2.28. The van der Waals surface area contributed by atoms with E-state index in [1.807, 2.05) is 49.4 Å². The molecule has 30 heavy (non-hydrogen) atoms. The fourth-order valence-corrected chi connectivity index (χ4v) is 4.16. The normalized spacial score (nSPS) is 15.9. The van der Waals surface area contributed by atoms with E-state index in [0.717, 1.165) is 62.0 Å². The first kappa shape index (κ1) is 20.2. The number of piperazine rings is 1.